The summed E-state index contributed by atoms with van der Waals surface area (Å²) in [6.45, 7) is 0. The summed E-state index contributed by atoms with van der Waals surface area (Å²) < 4.78 is 20.4. The Labute approximate surface area is 140 Å². The molecule has 0 amide bonds. The third kappa shape index (κ3) is 4.48. The van der Waals surface area contributed by atoms with Gasteiger partial charge in [0.05, 0.1) is 5.69 Å². The molecule has 2 aromatic rings. The minimum Gasteiger partial charge on any atom is -0.454 e. The third-order valence-corrected chi connectivity index (χ3v) is 3.60. The minimum absolute atomic E-state index is 0.107. The summed E-state index contributed by atoms with van der Waals surface area (Å²) in [4.78, 5) is 4.13. The molecule has 4 nitrogen and oxygen atoms in total. The van der Waals surface area contributed by atoms with E-state index in [9.17, 15) is 4.39 Å². The predicted molar refractivity (Wildman–Crippen MR) is 90.0 cm³/mol. The summed E-state index contributed by atoms with van der Waals surface area (Å²) in [5.74, 6) is 0.107. The number of hydrogen-bond acceptors (Lipinski definition) is 4. The van der Waals surface area contributed by atoms with E-state index in [-0.39, 0.29) is 5.75 Å². The zero-order valence-electron chi connectivity index (χ0n) is 11.5. The maximum absolute atomic E-state index is 14.1. The van der Waals surface area contributed by atoms with E-state index in [2.05, 4.69) is 26.2 Å². The summed E-state index contributed by atoms with van der Waals surface area (Å²) in [7, 11) is 0. The van der Waals surface area contributed by atoms with Crippen LogP contribution in [0, 0.1) is 17.3 Å². The van der Waals surface area contributed by atoms with E-state index in [0.717, 1.165) is 4.47 Å². The van der Waals surface area contributed by atoms with Crippen LogP contribution in [-0.4, -0.2) is 11.4 Å². The molecule has 7 heteroatoms. The minimum atomic E-state index is -0.529. The molecule has 0 saturated heterocycles. The molecule has 0 aliphatic carbocycles. The number of halogens is 2. The Hall–Kier alpha value is -2.04. The number of nitrogens with one attached hydrogen (secondary N) is 1. The highest BCUT2D eigenvalue weighted by atomic mass is 79.9. The van der Waals surface area contributed by atoms with Crippen molar-refractivity contribution in [1.29, 1.82) is 5.26 Å². The molecule has 112 valence electrons. The Morgan fingerprint density at radius 2 is 2.18 bits per heavy atom. The maximum atomic E-state index is 14.1. The molecule has 0 radical (unpaired) electrons. The highest BCUT2D eigenvalue weighted by Crippen LogP contribution is 2.29. The first-order chi connectivity index (χ1) is 10.6. The lowest BCUT2D eigenvalue weighted by atomic mass is 10.3. The van der Waals surface area contributed by atoms with Crippen molar-refractivity contribution in [3.8, 4) is 17.7 Å². The van der Waals surface area contributed by atoms with E-state index in [1.54, 1.807) is 36.7 Å². The number of nitriles is 1. The number of thioether (sulfide) groups is 1. The molecule has 22 heavy (non-hydrogen) atoms. The van der Waals surface area contributed by atoms with Gasteiger partial charge in [0.2, 0.25) is 0 Å². The number of ether oxygens (including phenoxy) is 1. The second kappa shape index (κ2) is 7.82. The molecule has 1 N–H and O–H groups in total. The van der Waals surface area contributed by atoms with Crippen LogP contribution in [0.2, 0.25) is 0 Å². The monoisotopic (exact) mass is 379 g/mol. The summed E-state index contributed by atoms with van der Waals surface area (Å²) >= 11 is 4.59. The third-order valence-electron chi connectivity index (χ3n) is 2.53. The molecule has 0 unspecified atom stereocenters. The van der Waals surface area contributed by atoms with Crippen LogP contribution < -0.4 is 10.1 Å². The van der Waals surface area contributed by atoms with Crippen LogP contribution in [0.1, 0.15) is 0 Å². The summed E-state index contributed by atoms with van der Waals surface area (Å²) in [6, 6.07) is 11.5. The number of benzene rings is 2. The second-order valence-electron chi connectivity index (χ2n) is 4.03. The Morgan fingerprint density at radius 1 is 1.36 bits per heavy atom. The lowest BCUT2D eigenvalue weighted by Crippen LogP contribution is -2.12. The van der Waals surface area contributed by atoms with Crippen molar-refractivity contribution in [2.45, 2.75) is 0 Å². The number of hydrogen-bond donors (Lipinski definition) is 1. The van der Waals surface area contributed by atoms with Gasteiger partial charge in [0.25, 0.3) is 0 Å². The van der Waals surface area contributed by atoms with Gasteiger partial charge < -0.3 is 4.74 Å². The average molecular weight is 380 g/mol. The van der Waals surface area contributed by atoms with Gasteiger partial charge >= 0.3 is 0 Å². The highest BCUT2D eigenvalue weighted by Gasteiger charge is 2.07. The molecule has 2 aromatic carbocycles. The van der Waals surface area contributed by atoms with Crippen LogP contribution in [0.4, 0.5) is 10.1 Å². The van der Waals surface area contributed by atoms with Gasteiger partial charge in [0.15, 0.2) is 22.9 Å². The van der Waals surface area contributed by atoms with Crippen LogP contribution >= 0.6 is 27.7 Å². The van der Waals surface area contributed by atoms with E-state index in [1.807, 2.05) is 6.07 Å². The molecule has 0 aromatic heterocycles. The fraction of sp³-hybridized carbons (Fsp3) is 0.0667. The number of amidine groups is 1. The summed E-state index contributed by atoms with van der Waals surface area (Å²) in [5, 5.41) is 11.4. The Kier molecular flexibility index (Phi) is 5.81. The first-order valence-electron chi connectivity index (χ1n) is 6.13. The SMILES string of the molecule is CSC(=Nc1ccc(Oc2cccc(Br)c2)c(F)c1)NC#N. The van der Waals surface area contributed by atoms with Crippen molar-refractivity contribution in [2.75, 3.05) is 6.26 Å². The van der Waals surface area contributed by atoms with Gasteiger partial charge in [-0.1, -0.05) is 33.8 Å². The van der Waals surface area contributed by atoms with Crippen molar-refractivity contribution >= 4 is 38.5 Å². The largest absolute Gasteiger partial charge is 0.454 e. The first kappa shape index (κ1) is 16.3. The topological polar surface area (TPSA) is 57.4 Å². The van der Waals surface area contributed by atoms with Crippen LogP contribution in [0.15, 0.2) is 51.9 Å². The van der Waals surface area contributed by atoms with Crippen molar-refractivity contribution < 1.29 is 9.13 Å². The Morgan fingerprint density at radius 3 is 2.82 bits per heavy atom. The fourth-order valence-electron chi connectivity index (χ4n) is 1.59. The first-order valence-corrected chi connectivity index (χ1v) is 8.15. The number of aliphatic imine (C=N–C) groups is 1. The van der Waals surface area contributed by atoms with Gasteiger partial charge in [0, 0.05) is 10.5 Å². The molecule has 0 heterocycles. The van der Waals surface area contributed by atoms with Gasteiger partial charge in [-0.25, -0.2) is 9.38 Å². The van der Waals surface area contributed by atoms with Gasteiger partial charge in [0.1, 0.15) is 5.75 Å². The normalized spacial score (nSPS) is 10.9. The zero-order valence-corrected chi connectivity index (χ0v) is 13.9. The Balaban J connectivity index is 2.21. The van der Waals surface area contributed by atoms with Crippen LogP contribution in [0.3, 0.4) is 0 Å². The number of nitrogens with zero attached hydrogens (tertiary/aromatic N) is 2. The van der Waals surface area contributed by atoms with Crippen LogP contribution in [-0.2, 0) is 0 Å². The summed E-state index contributed by atoms with van der Waals surface area (Å²) in [5.41, 5.74) is 0.395. The van der Waals surface area contributed by atoms with Gasteiger partial charge in [-0.05, 0) is 36.6 Å². The quantitative estimate of drug-likeness (QED) is 0.360. The van der Waals surface area contributed by atoms with E-state index in [0.29, 0.717) is 16.6 Å². The lowest BCUT2D eigenvalue weighted by Gasteiger charge is -2.08. The standard InChI is InChI=1S/C15H11BrFN3OS/c1-22-15(19-9-18)20-11-5-6-14(13(17)8-11)21-12-4-2-3-10(16)7-12/h2-8H,1H3,(H,19,20). The smallest absolute Gasteiger partial charge is 0.183 e. The van der Waals surface area contributed by atoms with Crippen LogP contribution in [0.5, 0.6) is 11.5 Å². The van der Waals surface area contributed by atoms with Crippen molar-refractivity contribution in [3.63, 3.8) is 0 Å². The van der Waals surface area contributed by atoms with E-state index < -0.39 is 5.82 Å². The maximum Gasteiger partial charge on any atom is 0.183 e. The Bertz CT molecular complexity index is 746. The molecule has 2 rings (SSSR count). The van der Waals surface area contributed by atoms with Crippen molar-refractivity contribution in [3.05, 3.63) is 52.8 Å². The van der Waals surface area contributed by atoms with E-state index in [1.165, 1.54) is 23.9 Å². The molecule has 0 saturated carbocycles. The van der Waals surface area contributed by atoms with E-state index >= 15 is 0 Å². The fourth-order valence-corrected chi connectivity index (χ4v) is 2.31. The summed E-state index contributed by atoms with van der Waals surface area (Å²) in [6.07, 6.45) is 3.55. The molecular weight excluding hydrogens is 369 g/mol. The van der Waals surface area contributed by atoms with Crippen LogP contribution in [0.25, 0.3) is 0 Å². The zero-order chi connectivity index (χ0) is 15.9. The lowest BCUT2D eigenvalue weighted by molar-refractivity contribution is 0.442. The molecule has 0 aliphatic rings. The van der Waals surface area contributed by atoms with Crippen molar-refractivity contribution in [1.82, 2.24) is 5.32 Å². The molecule has 0 atom stereocenters. The highest BCUT2D eigenvalue weighted by molar-refractivity contribution is 9.10. The second-order valence-corrected chi connectivity index (χ2v) is 5.74. The van der Waals surface area contributed by atoms with Crippen molar-refractivity contribution in [2.24, 2.45) is 4.99 Å². The molecule has 0 spiro atoms. The molecule has 0 bridgehead atoms. The average Bonchev–Trinajstić information content (AvgIpc) is 2.49. The molecule has 0 fully saturated rings. The van der Waals surface area contributed by atoms with Gasteiger partial charge in [-0.3, -0.25) is 5.32 Å². The predicted octanol–water partition coefficient (Wildman–Crippen LogP) is 4.80. The van der Waals surface area contributed by atoms with Gasteiger partial charge in [-0.2, -0.15) is 5.26 Å². The van der Waals surface area contributed by atoms with Gasteiger partial charge in [-0.15, -0.1) is 0 Å². The molecular formula is C15H11BrFN3OS. The number of rotatable bonds is 3. The van der Waals surface area contributed by atoms with E-state index in [4.69, 9.17) is 10.00 Å². The molecule has 0 aliphatic heterocycles.